The van der Waals surface area contributed by atoms with Gasteiger partial charge in [-0.2, -0.15) is 0 Å². The Balaban J connectivity index is 1.80. The summed E-state index contributed by atoms with van der Waals surface area (Å²) in [7, 11) is 0. The third-order valence-corrected chi connectivity index (χ3v) is 5.17. The molecule has 2 aromatic rings. The lowest BCUT2D eigenvalue weighted by atomic mass is 10.0. The lowest BCUT2D eigenvalue weighted by molar-refractivity contribution is 0.490. The van der Waals surface area contributed by atoms with Gasteiger partial charge in [-0.15, -0.1) is 0 Å². The maximum atomic E-state index is 4.76. The number of nitrogens with zero attached hydrogens (tertiary/aromatic N) is 1. The minimum Gasteiger partial charge on any atom is -0.362 e. The van der Waals surface area contributed by atoms with Crippen molar-refractivity contribution in [2.24, 2.45) is 10.9 Å². The van der Waals surface area contributed by atoms with E-state index in [0.717, 1.165) is 17.5 Å². The third kappa shape index (κ3) is 2.83. The molecule has 3 rings (SSSR count). The van der Waals surface area contributed by atoms with Crippen molar-refractivity contribution in [3.05, 3.63) is 48.0 Å². The predicted molar refractivity (Wildman–Crippen MR) is 89.3 cm³/mol. The number of aliphatic imine (C=N–C) groups is 1. The first-order valence-corrected chi connectivity index (χ1v) is 8.13. The van der Waals surface area contributed by atoms with Crippen molar-refractivity contribution in [2.75, 3.05) is 5.75 Å². The average Bonchev–Trinajstić information content (AvgIpc) is 2.48. The summed E-state index contributed by atoms with van der Waals surface area (Å²) in [5, 5.41) is 7.18. The minimum absolute atomic E-state index is 0.516. The molecule has 0 spiro atoms. The van der Waals surface area contributed by atoms with Gasteiger partial charge in [0.05, 0.1) is 6.54 Å². The van der Waals surface area contributed by atoms with Gasteiger partial charge in [0.2, 0.25) is 0 Å². The van der Waals surface area contributed by atoms with Crippen molar-refractivity contribution < 1.29 is 0 Å². The van der Waals surface area contributed by atoms with E-state index in [9.17, 15) is 0 Å². The molecule has 2 atom stereocenters. The van der Waals surface area contributed by atoms with Crippen LogP contribution in [-0.4, -0.2) is 17.0 Å². The molecule has 0 aliphatic carbocycles. The fourth-order valence-electron chi connectivity index (χ4n) is 2.41. The number of hydrogen-bond donors (Lipinski definition) is 1. The number of hydrogen-bond acceptors (Lipinski definition) is 2. The van der Waals surface area contributed by atoms with Crippen molar-refractivity contribution in [3.8, 4) is 0 Å². The molecule has 1 aliphatic rings. The topological polar surface area (TPSA) is 24.4 Å². The molecule has 2 aromatic carbocycles. The van der Waals surface area contributed by atoms with Crippen molar-refractivity contribution in [3.63, 3.8) is 0 Å². The fourth-order valence-corrected chi connectivity index (χ4v) is 3.55. The summed E-state index contributed by atoms with van der Waals surface area (Å²) in [4.78, 5) is 4.76. The highest BCUT2D eigenvalue weighted by molar-refractivity contribution is 8.13. The van der Waals surface area contributed by atoms with E-state index >= 15 is 0 Å². The van der Waals surface area contributed by atoms with Gasteiger partial charge in [0, 0.05) is 11.8 Å². The second-order valence-corrected chi connectivity index (χ2v) is 6.49. The molecule has 2 unspecified atom stereocenters. The molecular weight excluding hydrogens is 264 g/mol. The zero-order chi connectivity index (χ0) is 13.9. The van der Waals surface area contributed by atoms with Gasteiger partial charge >= 0.3 is 0 Å². The van der Waals surface area contributed by atoms with E-state index in [1.807, 2.05) is 11.8 Å². The minimum atomic E-state index is 0.516. The molecule has 0 radical (unpaired) electrons. The van der Waals surface area contributed by atoms with E-state index in [2.05, 4.69) is 61.6 Å². The third-order valence-electron chi connectivity index (χ3n) is 3.96. The maximum Gasteiger partial charge on any atom is 0.157 e. The maximum absolute atomic E-state index is 4.76. The molecule has 2 nitrogen and oxygen atoms in total. The van der Waals surface area contributed by atoms with Crippen LogP contribution in [0.5, 0.6) is 0 Å². The predicted octanol–water partition coefficient (Wildman–Crippen LogP) is 4.06. The van der Waals surface area contributed by atoms with Gasteiger partial charge < -0.3 is 5.32 Å². The summed E-state index contributed by atoms with van der Waals surface area (Å²) in [6, 6.07) is 15.5. The van der Waals surface area contributed by atoms with E-state index in [0.29, 0.717) is 12.0 Å². The average molecular weight is 284 g/mol. The Morgan fingerprint density at radius 1 is 1.15 bits per heavy atom. The molecular formula is C17H20N2S. The monoisotopic (exact) mass is 284 g/mol. The molecule has 0 bridgehead atoms. The Hall–Kier alpha value is -1.48. The lowest BCUT2D eigenvalue weighted by Crippen LogP contribution is -2.41. The van der Waals surface area contributed by atoms with Crippen molar-refractivity contribution >= 4 is 27.7 Å². The Bertz CT molecular complexity index is 630. The van der Waals surface area contributed by atoms with Crippen molar-refractivity contribution in [1.82, 2.24) is 5.32 Å². The molecule has 0 saturated carbocycles. The van der Waals surface area contributed by atoms with Gasteiger partial charge in [-0.1, -0.05) is 61.2 Å². The SMILES string of the molecule is CC1CSC(=NCc2cccc3ccccc23)NC1C. The molecule has 0 aromatic heterocycles. The van der Waals surface area contributed by atoms with Crippen LogP contribution >= 0.6 is 11.8 Å². The Kier molecular flexibility index (Phi) is 3.97. The number of benzene rings is 2. The zero-order valence-corrected chi connectivity index (χ0v) is 12.8. The quantitative estimate of drug-likeness (QED) is 0.899. The molecule has 1 saturated heterocycles. The largest absolute Gasteiger partial charge is 0.362 e. The van der Waals surface area contributed by atoms with Crippen LogP contribution in [0.25, 0.3) is 10.8 Å². The van der Waals surface area contributed by atoms with Crippen LogP contribution in [-0.2, 0) is 6.54 Å². The Morgan fingerprint density at radius 3 is 2.80 bits per heavy atom. The van der Waals surface area contributed by atoms with E-state index in [4.69, 9.17) is 4.99 Å². The zero-order valence-electron chi connectivity index (χ0n) is 12.0. The molecule has 104 valence electrons. The van der Waals surface area contributed by atoms with Gasteiger partial charge in [0.25, 0.3) is 0 Å². The highest BCUT2D eigenvalue weighted by atomic mass is 32.2. The number of nitrogens with one attached hydrogen (secondary N) is 1. The number of thioether (sulfide) groups is 1. The van der Waals surface area contributed by atoms with Gasteiger partial charge in [-0.05, 0) is 29.2 Å². The molecule has 1 fully saturated rings. The molecule has 3 heteroatoms. The van der Waals surface area contributed by atoms with Gasteiger partial charge in [0.1, 0.15) is 0 Å². The van der Waals surface area contributed by atoms with Gasteiger partial charge in [0.15, 0.2) is 5.17 Å². The number of rotatable bonds is 2. The van der Waals surface area contributed by atoms with Gasteiger partial charge in [-0.3, -0.25) is 4.99 Å². The van der Waals surface area contributed by atoms with Gasteiger partial charge in [-0.25, -0.2) is 0 Å². The summed E-state index contributed by atoms with van der Waals surface area (Å²) in [5.41, 5.74) is 1.30. The standard InChI is InChI=1S/C17H20N2S/c1-12-11-20-17(19-13(12)2)18-10-15-8-5-7-14-6-3-4-9-16(14)15/h3-9,12-13H,10-11H2,1-2H3,(H,18,19). The van der Waals surface area contributed by atoms with Crippen LogP contribution in [0.1, 0.15) is 19.4 Å². The van der Waals surface area contributed by atoms with Crippen LogP contribution in [0.3, 0.4) is 0 Å². The highest BCUT2D eigenvalue weighted by Gasteiger charge is 2.20. The van der Waals surface area contributed by atoms with Crippen molar-refractivity contribution in [1.29, 1.82) is 0 Å². The second-order valence-electron chi connectivity index (χ2n) is 5.48. The Morgan fingerprint density at radius 2 is 1.95 bits per heavy atom. The first-order chi connectivity index (χ1) is 9.74. The molecule has 1 aliphatic heterocycles. The summed E-state index contributed by atoms with van der Waals surface area (Å²) in [5.74, 6) is 1.86. The summed E-state index contributed by atoms with van der Waals surface area (Å²) >= 11 is 1.84. The van der Waals surface area contributed by atoms with Crippen LogP contribution < -0.4 is 5.32 Å². The summed E-state index contributed by atoms with van der Waals surface area (Å²) in [6.07, 6.45) is 0. The lowest BCUT2D eigenvalue weighted by Gasteiger charge is -2.28. The van der Waals surface area contributed by atoms with E-state index in [1.54, 1.807) is 0 Å². The fraction of sp³-hybridized carbons (Fsp3) is 0.353. The summed E-state index contributed by atoms with van der Waals surface area (Å²) < 4.78 is 0. The summed E-state index contributed by atoms with van der Waals surface area (Å²) in [6.45, 7) is 5.27. The van der Waals surface area contributed by atoms with Crippen LogP contribution in [0.2, 0.25) is 0 Å². The second kappa shape index (κ2) is 5.88. The van der Waals surface area contributed by atoms with Crippen LogP contribution in [0.15, 0.2) is 47.5 Å². The molecule has 1 N–H and O–H groups in total. The smallest absolute Gasteiger partial charge is 0.157 e. The number of amidine groups is 1. The molecule has 0 amide bonds. The molecule has 20 heavy (non-hydrogen) atoms. The first-order valence-electron chi connectivity index (χ1n) is 7.14. The van der Waals surface area contributed by atoms with Crippen LogP contribution in [0.4, 0.5) is 0 Å². The van der Waals surface area contributed by atoms with E-state index in [1.165, 1.54) is 16.3 Å². The molecule has 1 heterocycles. The normalized spacial score (nSPS) is 24.8. The van der Waals surface area contributed by atoms with E-state index < -0.39 is 0 Å². The first kappa shape index (κ1) is 13.5. The number of fused-ring (bicyclic) bond motifs is 1. The Labute approximate surface area is 124 Å². The van der Waals surface area contributed by atoms with E-state index in [-0.39, 0.29) is 0 Å². The van der Waals surface area contributed by atoms with Crippen molar-refractivity contribution in [2.45, 2.75) is 26.4 Å². The van der Waals surface area contributed by atoms with Crippen LogP contribution in [0, 0.1) is 5.92 Å². The highest BCUT2D eigenvalue weighted by Crippen LogP contribution is 2.22.